The lowest BCUT2D eigenvalue weighted by atomic mass is 10.6. The summed E-state index contributed by atoms with van der Waals surface area (Å²) >= 11 is 0. The van der Waals surface area contributed by atoms with E-state index in [0.717, 1.165) is 10.1 Å². The minimum atomic E-state index is -1.34. The Morgan fingerprint density at radius 1 is 0.650 bits per heavy atom. The van der Waals surface area contributed by atoms with E-state index in [9.17, 15) is 9.59 Å². The molecule has 0 aromatic carbocycles. The molecule has 0 aliphatic rings. The smallest absolute Gasteiger partial charge is 0.395 e. The quantitative estimate of drug-likeness (QED) is 0.237. The van der Waals surface area contributed by atoms with E-state index in [4.69, 9.17) is 20.4 Å². The van der Waals surface area contributed by atoms with E-state index in [-0.39, 0.29) is 52.6 Å². The topological polar surface area (TPSA) is 140 Å². The van der Waals surface area contributed by atoms with Crippen LogP contribution in [0.25, 0.3) is 0 Å². The van der Waals surface area contributed by atoms with Gasteiger partial charge in [0.2, 0.25) is 0 Å². The van der Waals surface area contributed by atoms with Gasteiger partial charge in [-0.05, 0) is 0 Å². The summed E-state index contributed by atoms with van der Waals surface area (Å²) in [6.45, 7) is -1.61. The first-order valence-electron chi connectivity index (χ1n) is 5.96. The molecule has 0 heterocycles. The van der Waals surface area contributed by atoms with Crippen LogP contribution in [-0.4, -0.2) is 95.1 Å². The van der Waals surface area contributed by atoms with Crippen LogP contribution in [0.3, 0.4) is 0 Å². The number of carbonyl (C=O) groups excluding carboxylic acids is 2. The molecule has 0 atom stereocenters. The number of carbonyl (C=O) groups is 2. The number of hydrogen-bond acceptors (Lipinski definition) is 10. The molecule has 0 aromatic heterocycles. The SMILES string of the molecule is O=C(ON(CCO)CCO)C(=O)ON(CCO)CCO. The van der Waals surface area contributed by atoms with E-state index in [1.807, 2.05) is 0 Å². The molecule has 0 saturated heterocycles. The third-order valence-corrected chi connectivity index (χ3v) is 1.99. The predicted octanol–water partition coefficient (Wildman–Crippen LogP) is -3.52. The monoisotopic (exact) mass is 296 g/mol. The molecule has 0 aliphatic heterocycles. The summed E-state index contributed by atoms with van der Waals surface area (Å²) in [4.78, 5) is 32.0. The average Bonchev–Trinajstić information content (AvgIpc) is 2.39. The number of hydroxylamine groups is 4. The Balaban J connectivity index is 4.32. The summed E-state index contributed by atoms with van der Waals surface area (Å²) in [5.41, 5.74) is 0. The molecule has 0 unspecified atom stereocenters. The van der Waals surface area contributed by atoms with Crippen molar-refractivity contribution < 1.29 is 39.7 Å². The molecule has 10 heteroatoms. The highest BCUT2D eigenvalue weighted by Gasteiger charge is 2.24. The second-order valence-electron chi connectivity index (χ2n) is 3.51. The molecule has 4 N–H and O–H groups in total. The van der Waals surface area contributed by atoms with Crippen LogP contribution in [0.2, 0.25) is 0 Å². The second kappa shape index (κ2) is 11.5. The van der Waals surface area contributed by atoms with Gasteiger partial charge in [0.15, 0.2) is 0 Å². The van der Waals surface area contributed by atoms with Crippen LogP contribution < -0.4 is 0 Å². The van der Waals surface area contributed by atoms with Crippen molar-refractivity contribution >= 4 is 11.9 Å². The normalized spacial score (nSPS) is 10.9. The highest BCUT2D eigenvalue weighted by atomic mass is 16.8. The lowest BCUT2D eigenvalue weighted by Gasteiger charge is -2.21. The van der Waals surface area contributed by atoms with Crippen molar-refractivity contribution in [1.29, 1.82) is 0 Å². The van der Waals surface area contributed by atoms with Crippen LogP contribution in [0.1, 0.15) is 0 Å². The van der Waals surface area contributed by atoms with E-state index >= 15 is 0 Å². The fourth-order valence-corrected chi connectivity index (χ4v) is 1.16. The highest BCUT2D eigenvalue weighted by molar-refractivity contribution is 6.29. The molecular formula is C10H20N2O8. The number of aliphatic hydroxyl groups excluding tert-OH is 4. The van der Waals surface area contributed by atoms with Crippen LogP contribution in [0, 0.1) is 0 Å². The minimum Gasteiger partial charge on any atom is -0.395 e. The first-order chi connectivity index (χ1) is 9.58. The van der Waals surface area contributed by atoms with Crippen molar-refractivity contribution in [2.75, 3.05) is 52.6 Å². The van der Waals surface area contributed by atoms with Gasteiger partial charge in [0.1, 0.15) is 0 Å². The molecular weight excluding hydrogens is 276 g/mol. The molecule has 0 rings (SSSR count). The molecule has 10 nitrogen and oxygen atoms in total. The van der Waals surface area contributed by atoms with Crippen LogP contribution >= 0.6 is 0 Å². The number of nitrogens with zero attached hydrogens (tertiary/aromatic N) is 2. The number of hydrogen-bond donors (Lipinski definition) is 4. The Bertz CT molecular complexity index is 248. The highest BCUT2D eigenvalue weighted by Crippen LogP contribution is 1.96. The molecule has 0 bridgehead atoms. The Hall–Kier alpha value is -1.30. The third kappa shape index (κ3) is 7.99. The standard InChI is InChI=1S/C10H20N2O8/c13-5-1-11(2-6-14)19-9(17)10(18)20-12(3-7-15)4-8-16/h13-16H,1-8H2. The van der Waals surface area contributed by atoms with Gasteiger partial charge in [0.25, 0.3) is 0 Å². The predicted molar refractivity (Wildman–Crippen MR) is 63.7 cm³/mol. The van der Waals surface area contributed by atoms with Gasteiger partial charge in [0, 0.05) is 0 Å². The van der Waals surface area contributed by atoms with Gasteiger partial charge < -0.3 is 30.1 Å². The van der Waals surface area contributed by atoms with Gasteiger partial charge in [0.05, 0.1) is 52.6 Å². The molecule has 0 radical (unpaired) electrons. The number of rotatable bonds is 10. The van der Waals surface area contributed by atoms with E-state index in [2.05, 4.69) is 9.68 Å². The Morgan fingerprint density at radius 3 is 1.10 bits per heavy atom. The zero-order chi connectivity index (χ0) is 15.4. The molecule has 0 amide bonds. The molecule has 0 fully saturated rings. The van der Waals surface area contributed by atoms with Gasteiger partial charge in [-0.15, -0.1) is 10.1 Å². The molecule has 0 spiro atoms. The summed E-state index contributed by atoms with van der Waals surface area (Å²) in [6.07, 6.45) is 0. The fraction of sp³-hybridized carbons (Fsp3) is 0.800. The van der Waals surface area contributed by atoms with Crippen LogP contribution in [-0.2, 0) is 19.3 Å². The van der Waals surface area contributed by atoms with Gasteiger partial charge in [-0.2, -0.15) is 0 Å². The fourth-order valence-electron chi connectivity index (χ4n) is 1.16. The summed E-state index contributed by atoms with van der Waals surface area (Å²) in [6, 6.07) is 0. The third-order valence-electron chi connectivity index (χ3n) is 1.99. The molecule has 20 heavy (non-hydrogen) atoms. The first-order valence-corrected chi connectivity index (χ1v) is 5.96. The number of aliphatic hydroxyl groups is 4. The average molecular weight is 296 g/mol. The first kappa shape index (κ1) is 18.7. The van der Waals surface area contributed by atoms with Crippen molar-refractivity contribution in [2.45, 2.75) is 0 Å². The van der Waals surface area contributed by atoms with Crippen molar-refractivity contribution in [1.82, 2.24) is 10.1 Å². The molecule has 0 aromatic rings. The Kier molecular flexibility index (Phi) is 10.8. The van der Waals surface area contributed by atoms with Gasteiger partial charge in [-0.3, -0.25) is 0 Å². The zero-order valence-corrected chi connectivity index (χ0v) is 11.0. The van der Waals surface area contributed by atoms with Crippen LogP contribution in [0.15, 0.2) is 0 Å². The van der Waals surface area contributed by atoms with E-state index in [0.29, 0.717) is 0 Å². The maximum Gasteiger partial charge on any atom is 0.438 e. The Labute approximate surface area is 115 Å². The maximum absolute atomic E-state index is 11.4. The van der Waals surface area contributed by atoms with Gasteiger partial charge >= 0.3 is 11.9 Å². The molecule has 0 saturated carbocycles. The lowest BCUT2D eigenvalue weighted by molar-refractivity contribution is -0.221. The van der Waals surface area contributed by atoms with Gasteiger partial charge in [-0.1, -0.05) is 0 Å². The largest absolute Gasteiger partial charge is 0.438 e. The zero-order valence-electron chi connectivity index (χ0n) is 11.0. The summed E-state index contributed by atoms with van der Waals surface area (Å²) in [5, 5.41) is 36.6. The van der Waals surface area contributed by atoms with Crippen molar-refractivity contribution in [3.63, 3.8) is 0 Å². The summed E-state index contributed by atoms with van der Waals surface area (Å²) in [5.74, 6) is -2.68. The van der Waals surface area contributed by atoms with E-state index in [1.165, 1.54) is 0 Å². The lowest BCUT2D eigenvalue weighted by Crippen LogP contribution is -2.39. The maximum atomic E-state index is 11.4. The van der Waals surface area contributed by atoms with Gasteiger partial charge in [-0.25, -0.2) is 9.59 Å². The van der Waals surface area contributed by atoms with Crippen LogP contribution in [0.5, 0.6) is 0 Å². The van der Waals surface area contributed by atoms with E-state index < -0.39 is 11.9 Å². The molecule has 0 aliphatic carbocycles. The van der Waals surface area contributed by atoms with E-state index in [1.54, 1.807) is 0 Å². The second-order valence-corrected chi connectivity index (χ2v) is 3.51. The van der Waals surface area contributed by atoms with Crippen LogP contribution in [0.4, 0.5) is 0 Å². The van der Waals surface area contributed by atoms with Crippen molar-refractivity contribution in [3.05, 3.63) is 0 Å². The summed E-state index contributed by atoms with van der Waals surface area (Å²) in [7, 11) is 0. The minimum absolute atomic E-state index is 0.0728. The van der Waals surface area contributed by atoms with Crippen molar-refractivity contribution in [2.24, 2.45) is 0 Å². The molecule has 118 valence electrons. The van der Waals surface area contributed by atoms with Crippen molar-refractivity contribution in [3.8, 4) is 0 Å². The summed E-state index contributed by atoms with van der Waals surface area (Å²) < 4.78 is 0. The Morgan fingerprint density at radius 2 is 0.900 bits per heavy atom.